The van der Waals surface area contributed by atoms with E-state index in [0.29, 0.717) is 23.0 Å². The molecule has 1 amide bonds. The Balaban J connectivity index is 2.38. The van der Waals surface area contributed by atoms with Crippen LogP contribution in [0.2, 0.25) is 0 Å². The Labute approximate surface area is 104 Å². The van der Waals surface area contributed by atoms with Gasteiger partial charge in [0.25, 0.3) is 0 Å². The largest absolute Gasteiger partial charge is 0.398 e. The van der Waals surface area contributed by atoms with E-state index in [1.54, 1.807) is 31.5 Å². The van der Waals surface area contributed by atoms with Crippen molar-refractivity contribution in [3.63, 3.8) is 0 Å². The van der Waals surface area contributed by atoms with Gasteiger partial charge in [0.2, 0.25) is 5.91 Å². The summed E-state index contributed by atoms with van der Waals surface area (Å²) in [5.41, 5.74) is 7.86. The highest BCUT2D eigenvalue weighted by Crippen LogP contribution is 2.24. The number of nitrogen functional groups attached to an aromatic ring is 1. The zero-order valence-electron chi connectivity index (χ0n) is 10.1. The lowest BCUT2D eigenvalue weighted by Gasteiger charge is -2.07. The maximum atomic E-state index is 10.9. The molecule has 0 unspecified atom stereocenters. The molecule has 6 heteroatoms. The van der Waals surface area contributed by atoms with Gasteiger partial charge < -0.3 is 11.1 Å². The number of pyridine rings is 1. The lowest BCUT2D eigenvalue weighted by atomic mass is 10.1. The third-order valence-corrected chi connectivity index (χ3v) is 2.29. The standard InChI is InChI=1S/C12H13N5O/c1-7-14-4-3-11(16-7)9-6-15-12(5-10(9)13)17-8(2)18/h3-6H,1-2H3,(H3,13,15,17,18). The van der Waals surface area contributed by atoms with Crippen LogP contribution in [-0.4, -0.2) is 20.9 Å². The molecule has 2 heterocycles. The molecule has 0 saturated carbocycles. The van der Waals surface area contributed by atoms with Gasteiger partial charge in [-0.1, -0.05) is 0 Å². The number of nitrogens with zero attached hydrogens (tertiary/aromatic N) is 3. The first-order valence-electron chi connectivity index (χ1n) is 5.39. The summed E-state index contributed by atoms with van der Waals surface area (Å²) in [6.45, 7) is 3.22. The zero-order valence-corrected chi connectivity index (χ0v) is 10.1. The van der Waals surface area contributed by atoms with Crippen LogP contribution in [0.3, 0.4) is 0 Å². The van der Waals surface area contributed by atoms with Gasteiger partial charge in [-0.2, -0.15) is 0 Å². The highest BCUT2D eigenvalue weighted by Gasteiger charge is 2.07. The summed E-state index contributed by atoms with van der Waals surface area (Å²) in [5.74, 6) is 0.903. The van der Waals surface area contributed by atoms with Crippen molar-refractivity contribution >= 4 is 17.4 Å². The molecular weight excluding hydrogens is 230 g/mol. The molecule has 0 atom stereocenters. The Kier molecular flexibility index (Phi) is 3.18. The van der Waals surface area contributed by atoms with E-state index in [1.807, 2.05) is 0 Å². The summed E-state index contributed by atoms with van der Waals surface area (Å²) < 4.78 is 0. The van der Waals surface area contributed by atoms with E-state index in [0.717, 1.165) is 5.56 Å². The second-order valence-electron chi connectivity index (χ2n) is 3.83. The molecule has 0 radical (unpaired) electrons. The normalized spacial score (nSPS) is 10.1. The summed E-state index contributed by atoms with van der Waals surface area (Å²) in [5, 5.41) is 2.57. The maximum Gasteiger partial charge on any atom is 0.222 e. The average Bonchev–Trinajstić information content (AvgIpc) is 2.28. The van der Waals surface area contributed by atoms with Gasteiger partial charge in [-0.3, -0.25) is 4.79 Å². The Morgan fingerprint density at radius 2 is 2.17 bits per heavy atom. The van der Waals surface area contributed by atoms with Crippen LogP contribution < -0.4 is 11.1 Å². The average molecular weight is 243 g/mol. The van der Waals surface area contributed by atoms with Crippen LogP contribution in [0.1, 0.15) is 12.7 Å². The number of carbonyl (C=O) groups is 1. The minimum atomic E-state index is -0.187. The van der Waals surface area contributed by atoms with Crippen LogP contribution in [0.5, 0.6) is 0 Å². The van der Waals surface area contributed by atoms with E-state index in [1.165, 1.54) is 6.92 Å². The van der Waals surface area contributed by atoms with E-state index in [2.05, 4.69) is 20.3 Å². The number of nitrogens with one attached hydrogen (secondary N) is 1. The third kappa shape index (κ3) is 2.60. The number of nitrogens with two attached hydrogens (primary N) is 1. The van der Waals surface area contributed by atoms with Crippen LogP contribution in [-0.2, 0) is 4.79 Å². The monoisotopic (exact) mass is 243 g/mol. The van der Waals surface area contributed by atoms with E-state index in [-0.39, 0.29) is 5.91 Å². The SMILES string of the molecule is CC(=O)Nc1cc(N)c(-c2ccnc(C)n2)cn1. The van der Waals surface area contributed by atoms with E-state index < -0.39 is 0 Å². The molecule has 0 aliphatic rings. The number of hydrogen-bond acceptors (Lipinski definition) is 5. The summed E-state index contributed by atoms with van der Waals surface area (Å²) in [6.07, 6.45) is 3.25. The number of aromatic nitrogens is 3. The van der Waals surface area contributed by atoms with Crippen molar-refractivity contribution in [2.24, 2.45) is 0 Å². The number of rotatable bonds is 2. The zero-order chi connectivity index (χ0) is 13.1. The molecule has 2 rings (SSSR count). The van der Waals surface area contributed by atoms with Crippen molar-refractivity contribution in [3.05, 3.63) is 30.4 Å². The lowest BCUT2D eigenvalue weighted by molar-refractivity contribution is -0.114. The first kappa shape index (κ1) is 12.0. The number of amides is 1. The molecule has 0 bridgehead atoms. The molecule has 0 spiro atoms. The van der Waals surface area contributed by atoms with Gasteiger partial charge in [0.05, 0.1) is 5.69 Å². The second-order valence-corrected chi connectivity index (χ2v) is 3.83. The molecule has 6 nitrogen and oxygen atoms in total. The molecule has 2 aromatic heterocycles. The van der Waals surface area contributed by atoms with E-state index in [9.17, 15) is 4.79 Å². The van der Waals surface area contributed by atoms with Crippen LogP contribution in [0.4, 0.5) is 11.5 Å². The first-order valence-corrected chi connectivity index (χ1v) is 5.39. The molecule has 3 N–H and O–H groups in total. The van der Waals surface area contributed by atoms with Crippen LogP contribution in [0.15, 0.2) is 24.5 Å². The molecule has 92 valence electrons. The minimum absolute atomic E-state index is 0.187. The van der Waals surface area contributed by atoms with Crippen molar-refractivity contribution in [2.45, 2.75) is 13.8 Å². The third-order valence-electron chi connectivity index (χ3n) is 2.29. The van der Waals surface area contributed by atoms with Gasteiger partial charge in [0, 0.05) is 36.6 Å². The Bertz CT molecular complexity index is 597. The molecule has 18 heavy (non-hydrogen) atoms. The summed E-state index contributed by atoms with van der Waals surface area (Å²) in [6, 6.07) is 3.37. The van der Waals surface area contributed by atoms with Gasteiger partial charge in [-0.15, -0.1) is 0 Å². The van der Waals surface area contributed by atoms with Gasteiger partial charge in [0.15, 0.2) is 0 Å². The smallest absolute Gasteiger partial charge is 0.222 e. The van der Waals surface area contributed by atoms with Gasteiger partial charge in [-0.05, 0) is 13.0 Å². The minimum Gasteiger partial charge on any atom is -0.398 e. The summed E-state index contributed by atoms with van der Waals surface area (Å²) >= 11 is 0. The predicted molar refractivity (Wildman–Crippen MR) is 68.7 cm³/mol. The summed E-state index contributed by atoms with van der Waals surface area (Å²) in [4.78, 5) is 23.3. The van der Waals surface area contributed by atoms with E-state index >= 15 is 0 Å². The molecule has 0 fully saturated rings. The van der Waals surface area contributed by atoms with Crippen molar-refractivity contribution in [3.8, 4) is 11.3 Å². The highest BCUT2D eigenvalue weighted by atomic mass is 16.1. The fourth-order valence-corrected chi connectivity index (χ4v) is 1.54. The number of carbonyl (C=O) groups excluding carboxylic acids is 1. The topological polar surface area (TPSA) is 93.8 Å². The highest BCUT2D eigenvalue weighted by molar-refractivity contribution is 5.89. The van der Waals surface area contributed by atoms with Crippen molar-refractivity contribution in [1.82, 2.24) is 15.0 Å². The van der Waals surface area contributed by atoms with E-state index in [4.69, 9.17) is 5.73 Å². The van der Waals surface area contributed by atoms with Crippen molar-refractivity contribution in [2.75, 3.05) is 11.1 Å². The predicted octanol–water partition coefficient (Wildman–Crippen LogP) is 1.39. The fraction of sp³-hybridized carbons (Fsp3) is 0.167. The molecule has 0 saturated heterocycles. The maximum absolute atomic E-state index is 10.9. The number of hydrogen-bond donors (Lipinski definition) is 2. The Morgan fingerprint density at radius 1 is 1.39 bits per heavy atom. The molecule has 0 aliphatic heterocycles. The fourth-order valence-electron chi connectivity index (χ4n) is 1.54. The molecule has 0 aliphatic carbocycles. The van der Waals surface area contributed by atoms with Crippen LogP contribution >= 0.6 is 0 Å². The Morgan fingerprint density at radius 3 is 2.78 bits per heavy atom. The quantitative estimate of drug-likeness (QED) is 0.831. The second kappa shape index (κ2) is 4.79. The lowest BCUT2D eigenvalue weighted by Crippen LogP contribution is -2.08. The van der Waals surface area contributed by atoms with Gasteiger partial charge in [0.1, 0.15) is 11.6 Å². The van der Waals surface area contributed by atoms with Gasteiger partial charge >= 0.3 is 0 Å². The molecular formula is C12H13N5O. The van der Waals surface area contributed by atoms with Crippen LogP contribution in [0, 0.1) is 6.92 Å². The molecule has 2 aromatic rings. The first-order chi connectivity index (χ1) is 8.56. The number of anilines is 2. The molecule has 0 aromatic carbocycles. The number of aryl methyl sites for hydroxylation is 1. The Hall–Kier alpha value is -2.50. The van der Waals surface area contributed by atoms with Crippen molar-refractivity contribution < 1.29 is 4.79 Å². The summed E-state index contributed by atoms with van der Waals surface area (Å²) in [7, 11) is 0. The van der Waals surface area contributed by atoms with Crippen molar-refractivity contribution in [1.29, 1.82) is 0 Å². The van der Waals surface area contributed by atoms with Gasteiger partial charge in [-0.25, -0.2) is 15.0 Å². The van der Waals surface area contributed by atoms with Crippen LogP contribution in [0.25, 0.3) is 11.3 Å².